The zero-order valence-electron chi connectivity index (χ0n) is 17.0. The van der Waals surface area contributed by atoms with Crippen molar-refractivity contribution in [3.63, 3.8) is 0 Å². The molecule has 0 aliphatic heterocycles. The van der Waals surface area contributed by atoms with Gasteiger partial charge in [-0.1, -0.05) is 42.1 Å². The molecule has 0 saturated heterocycles. The SMILES string of the molecule is C=C(N=CN(N)S(=O)(=O)N(C)C)S(=O)(=O)N(C/C(=N\OC)c1ccccc1)C1CC1. The maximum Gasteiger partial charge on any atom is 0.317 e. The molecular formula is C17H26N6O5S2. The Labute approximate surface area is 177 Å². The predicted octanol–water partition coefficient (Wildman–Crippen LogP) is 0.313. The smallest absolute Gasteiger partial charge is 0.317 e. The van der Waals surface area contributed by atoms with Gasteiger partial charge in [0.1, 0.15) is 19.2 Å². The molecule has 30 heavy (non-hydrogen) atoms. The fraction of sp³-hybridized carbons (Fsp3) is 0.412. The largest absolute Gasteiger partial charge is 0.399 e. The molecule has 1 saturated carbocycles. The summed E-state index contributed by atoms with van der Waals surface area (Å²) in [6.07, 6.45) is 2.06. The van der Waals surface area contributed by atoms with Crippen molar-refractivity contribution in [2.75, 3.05) is 27.7 Å². The standard InChI is InChI=1S/C17H26N6O5S2/c1-14(19-13-23(18)30(26,27)21(2)3)29(24,25)22(16-10-11-16)12-17(20-28-4)15-8-6-5-7-9-15/h5-9,13,16H,1,10-12,18H2,2-4H3/b19-13?,20-17+. The lowest BCUT2D eigenvalue weighted by atomic mass is 10.1. The number of benzene rings is 1. The van der Waals surface area contributed by atoms with Crippen molar-refractivity contribution in [2.45, 2.75) is 18.9 Å². The molecule has 11 nitrogen and oxygen atoms in total. The summed E-state index contributed by atoms with van der Waals surface area (Å²) >= 11 is 0. The Kier molecular flexibility index (Phi) is 7.71. The van der Waals surface area contributed by atoms with Gasteiger partial charge in [-0.2, -0.15) is 21.4 Å². The van der Waals surface area contributed by atoms with Gasteiger partial charge in [0.25, 0.3) is 10.0 Å². The molecule has 0 aromatic heterocycles. The number of oxime groups is 1. The van der Waals surface area contributed by atoms with E-state index < -0.39 is 25.3 Å². The third kappa shape index (κ3) is 5.64. The molecule has 13 heteroatoms. The average Bonchev–Trinajstić information content (AvgIpc) is 3.54. The lowest BCUT2D eigenvalue weighted by Gasteiger charge is -2.22. The first-order valence-electron chi connectivity index (χ1n) is 8.88. The summed E-state index contributed by atoms with van der Waals surface area (Å²) in [6.45, 7) is 3.44. The minimum absolute atomic E-state index is 0.0538. The van der Waals surface area contributed by atoms with Crippen molar-refractivity contribution in [1.29, 1.82) is 0 Å². The van der Waals surface area contributed by atoms with E-state index in [2.05, 4.69) is 16.7 Å². The zero-order valence-corrected chi connectivity index (χ0v) is 18.7. The van der Waals surface area contributed by atoms with Crippen molar-refractivity contribution < 1.29 is 21.7 Å². The predicted molar refractivity (Wildman–Crippen MR) is 115 cm³/mol. The minimum Gasteiger partial charge on any atom is -0.399 e. The van der Waals surface area contributed by atoms with E-state index in [1.165, 1.54) is 25.5 Å². The van der Waals surface area contributed by atoms with Crippen LogP contribution in [0.4, 0.5) is 0 Å². The second-order valence-corrected chi connectivity index (χ2v) is 10.6. The molecule has 1 aromatic carbocycles. The molecule has 0 atom stereocenters. The van der Waals surface area contributed by atoms with E-state index in [1.54, 1.807) is 24.3 Å². The summed E-state index contributed by atoms with van der Waals surface area (Å²) < 4.78 is 52.4. The summed E-state index contributed by atoms with van der Waals surface area (Å²) in [6, 6.07) is 8.80. The van der Waals surface area contributed by atoms with Crippen molar-refractivity contribution >= 4 is 32.3 Å². The Morgan fingerprint density at radius 3 is 2.33 bits per heavy atom. The fourth-order valence-electron chi connectivity index (χ4n) is 2.41. The van der Waals surface area contributed by atoms with Crippen molar-refractivity contribution in [3.05, 3.63) is 47.5 Å². The lowest BCUT2D eigenvalue weighted by molar-refractivity contribution is 0.212. The van der Waals surface area contributed by atoms with Crippen LogP contribution in [0.2, 0.25) is 0 Å². The van der Waals surface area contributed by atoms with Crippen LogP contribution in [0.5, 0.6) is 0 Å². The number of aliphatic imine (C=N–C) groups is 1. The average molecular weight is 459 g/mol. The first-order chi connectivity index (χ1) is 14.0. The van der Waals surface area contributed by atoms with E-state index in [4.69, 9.17) is 10.7 Å². The summed E-state index contributed by atoms with van der Waals surface area (Å²) in [7, 11) is -4.16. The van der Waals surface area contributed by atoms with Gasteiger partial charge in [-0.3, -0.25) is 0 Å². The van der Waals surface area contributed by atoms with Crippen LogP contribution >= 0.6 is 0 Å². The summed E-state index contributed by atoms with van der Waals surface area (Å²) in [5.41, 5.74) is 1.13. The maximum atomic E-state index is 13.1. The zero-order chi connectivity index (χ0) is 22.5. The first kappa shape index (κ1) is 24.0. The minimum atomic E-state index is -4.11. The summed E-state index contributed by atoms with van der Waals surface area (Å²) in [5, 5.41) is 3.43. The number of hydrazine groups is 1. The molecule has 0 radical (unpaired) electrons. The van der Waals surface area contributed by atoms with Gasteiger partial charge in [-0.15, -0.1) is 0 Å². The van der Waals surface area contributed by atoms with Crippen LogP contribution in [0.3, 0.4) is 0 Å². The van der Waals surface area contributed by atoms with E-state index >= 15 is 0 Å². The summed E-state index contributed by atoms with van der Waals surface area (Å²) in [5.74, 6) is 5.46. The number of sulfonamides is 1. The number of hydrogen-bond donors (Lipinski definition) is 1. The molecule has 0 amide bonds. The molecule has 2 N–H and O–H groups in total. The van der Waals surface area contributed by atoms with Gasteiger partial charge in [0.2, 0.25) is 0 Å². The van der Waals surface area contributed by atoms with Crippen LogP contribution < -0.4 is 5.84 Å². The molecule has 166 valence electrons. The Morgan fingerprint density at radius 1 is 1.23 bits per heavy atom. The highest BCUT2D eigenvalue weighted by atomic mass is 32.2. The van der Waals surface area contributed by atoms with Gasteiger partial charge in [-0.25, -0.2) is 19.3 Å². The number of rotatable bonds is 11. The summed E-state index contributed by atoms with van der Waals surface area (Å²) in [4.78, 5) is 8.57. The van der Waals surface area contributed by atoms with Gasteiger partial charge < -0.3 is 4.84 Å². The third-order valence-electron chi connectivity index (χ3n) is 4.22. The number of nitrogens with zero attached hydrogens (tertiary/aromatic N) is 5. The Hall–Kier alpha value is -2.32. The Morgan fingerprint density at radius 2 is 1.83 bits per heavy atom. The monoisotopic (exact) mass is 458 g/mol. The van der Waals surface area contributed by atoms with E-state index in [1.807, 2.05) is 6.07 Å². The van der Waals surface area contributed by atoms with Gasteiger partial charge in [0.05, 0.1) is 6.54 Å². The Balaban J connectivity index is 2.27. The molecule has 0 bridgehead atoms. The maximum absolute atomic E-state index is 13.1. The van der Waals surface area contributed by atoms with Crippen LogP contribution in [0.1, 0.15) is 18.4 Å². The van der Waals surface area contributed by atoms with Crippen molar-refractivity contribution in [3.8, 4) is 0 Å². The number of nitrogens with two attached hydrogens (primary N) is 1. The molecule has 1 aromatic rings. The van der Waals surface area contributed by atoms with Gasteiger partial charge in [-0.05, 0) is 12.8 Å². The molecule has 1 aliphatic carbocycles. The van der Waals surface area contributed by atoms with Crippen LogP contribution in [-0.2, 0) is 25.1 Å². The molecule has 1 aliphatic rings. The van der Waals surface area contributed by atoms with Crippen LogP contribution in [0.25, 0.3) is 0 Å². The molecule has 2 rings (SSSR count). The van der Waals surface area contributed by atoms with E-state index in [0.717, 1.165) is 4.31 Å². The second kappa shape index (κ2) is 9.66. The molecule has 1 fully saturated rings. The third-order valence-corrected chi connectivity index (χ3v) is 7.51. The second-order valence-electron chi connectivity index (χ2n) is 6.63. The molecular weight excluding hydrogens is 432 g/mol. The molecule has 0 unspecified atom stereocenters. The first-order valence-corrected chi connectivity index (χ1v) is 11.7. The van der Waals surface area contributed by atoms with Crippen molar-refractivity contribution in [2.24, 2.45) is 16.0 Å². The van der Waals surface area contributed by atoms with Gasteiger partial charge in [0.15, 0.2) is 5.03 Å². The van der Waals surface area contributed by atoms with Gasteiger partial charge >= 0.3 is 10.2 Å². The van der Waals surface area contributed by atoms with Crippen LogP contribution in [0.15, 0.2) is 52.1 Å². The quantitative estimate of drug-likeness (QED) is 0.219. The normalized spacial score (nSPS) is 15.7. The highest BCUT2D eigenvalue weighted by molar-refractivity contribution is 7.93. The molecule has 0 heterocycles. The Bertz CT molecular complexity index is 1020. The lowest BCUT2D eigenvalue weighted by Crippen LogP contribution is -2.43. The van der Waals surface area contributed by atoms with E-state index in [9.17, 15) is 16.8 Å². The topological polar surface area (TPSA) is 138 Å². The highest BCUT2D eigenvalue weighted by Gasteiger charge is 2.39. The van der Waals surface area contributed by atoms with Crippen LogP contribution in [-0.4, -0.2) is 75.7 Å². The molecule has 0 spiro atoms. The van der Waals surface area contributed by atoms with Crippen LogP contribution in [0, 0.1) is 0 Å². The highest BCUT2D eigenvalue weighted by Crippen LogP contribution is 2.32. The van der Waals surface area contributed by atoms with Crippen molar-refractivity contribution in [1.82, 2.24) is 13.0 Å². The fourth-order valence-corrected chi connectivity index (χ4v) is 4.30. The number of hydrogen-bond acceptors (Lipinski definition) is 8. The van der Waals surface area contributed by atoms with E-state index in [-0.39, 0.29) is 12.6 Å². The van der Waals surface area contributed by atoms with Gasteiger partial charge in [0, 0.05) is 25.7 Å². The van der Waals surface area contributed by atoms with E-state index in [0.29, 0.717) is 34.9 Å².